The van der Waals surface area contributed by atoms with Crippen LogP contribution in [0.4, 0.5) is 5.69 Å². The molecular weight excluding hydrogens is 506 g/mol. The van der Waals surface area contributed by atoms with E-state index in [-0.39, 0.29) is 12.0 Å². The van der Waals surface area contributed by atoms with Gasteiger partial charge in [-0.25, -0.2) is 0 Å². The maximum absolute atomic E-state index is 11.0. The number of ether oxygens (including phenoxy) is 4. The van der Waals surface area contributed by atoms with E-state index in [0.29, 0.717) is 26.3 Å². The molecule has 2 aliphatic rings. The summed E-state index contributed by atoms with van der Waals surface area (Å²) in [5.41, 5.74) is 4.31. The molecule has 3 aromatic carbocycles. The van der Waals surface area contributed by atoms with Gasteiger partial charge < -0.3 is 39.3 Å². The summed E-state index contributed by atoms with van der Waals surface area (Å²) in [6.45, 7) is 4.88. The van der Waals surface area contributed by atoms with Crippen LogP contribution in [0.5, 0.6) is 17.2 Å². The second-order valence-electron chi connectivity index (χ2n) is 10.5. The molecule has 3 heterocycles. The minimum Gasteiger partial charge on any atom is -0.490 e. The van der Waals surface area contributed by atoms with Gasteiger partial charge in [0.2, 0.25) is 0 Å². The standard InChI is InChI=1S/C32H37N3O5/c1-37-15-2-13-35-14-16-38-30-10-3-22(17-28(30)35)21-39-31-20-33-19-29(36)32(31)23-4-6-25(7-5-23)40-26-8-9-27-24(18-26)11-12-34-27/h3-12,17-18,29,31-34,36H,2,13-16,19-21H2,1H3/t29-,31+,32+/m1/s1. The molecule has 0 radical (unpaired) electrons. The van der Waals surface area contributed by atoms with E-state index in [1.807, 2.05) is 60.8 Å². The molecular formula is C32H37N3O5. The molecule has 210 valence electrons. The van der Waals surface area contributed by atoms with Gasteiger partial charge in [0.1, 0.15) is 23.9 Å². The lowest BCUT2D eigenvalue weighted by atomic mass is 9.85. The fourth-order valence-electron chi connectivity index (χ4n) is 5.71. The molecule has 8 nitrogen and oxygen atoms in total. The Labute approximate surface area is 234 Å². The highest BCUT2D eigenvalue weighted by Crippen LogP contribution is 2.35. The summed E-state index contributed by atoms with van der Waals surface area (Å²) in [4.78, 5) is 5.56. The second kappa shape index (κ2) is 12.3. The molecule has 0 saturated carbocycles. The van der Waals surface area contributed by atoms with E-state index in [4.69, 9.17) is 18.9 Å². The van der Waals surface area contributed by atoms with Crippen molar-refractivity contribution in [2.45, 2.75) is 31.2 Å². The van der Waals surface area contributed by atoms with Crippen LogP contribution in [0.2, 0.25) is 0 Å². The zero-order valence-corrected chi connectivity index (χ0v) is 22.8. The van der Waals surface area contributed by atoms with Crippen molar-refractivity contribution < 1.29 is 24.1 Å². The Morgan fingerprint density at radius 1 is 1.00 bits per heavy atom. The molecule has 2 aliphatic heterocycles. The number of nitrogens with one attached hydrogen (secondary N) is 2. The van der Waals surface area contributed by atoms with Crippen molar-refractivity contribution in [1.82, 2.24) is 10.3 Å². The number of hydrogen-bond donors (Lipinski definition) is 3. The largest absolute Gasteiger partial charge is 0.490 e. The summed E-state index contributed by atoms with van der Waals surface area (Å²) in [7, 11) is 1.74. The van der Waals surface area contributed by atoms with Crippen molar-refractivity contribution in [3.63, 3.8) is 0 Å². The number of hydrogen-bond acceptors (Lipinski definition) is 7. The summed E-state index contributed by atoms with van der Waals surface area (Å²) >= 11 is 0. The van der Waals surface area contributed by atoms with Gasteiger partial charge in [0.25, 0.3) is 0 Å². The quantitative estimate of drug-likeness (QED) is 0.247. The van der Waals surface area contributed by atoms with E-state index < -0.39 is 6.10 Å². The zero-order chi connectivity index (χ0) is 27.3. The third-order valence-electron chi connectivity index (χ3n) is 7.76. The van der Waals surface area contributed by atoms with Gasteiger partial charge in [-0.15, -0.1) is 0 Å². The monoisotopic (exact) mass is 543 g/mol. The molecule has 1 fully saturated rings. The van der Waals surface area contributed by atoms with Crippen LogP contribution in [0.1, 0.15) is 23.5 Å². The maximum atomic E-state index is 11.0. The summed E-state index contributed by atoms with van der Waals surface area (Å²) in [5, 5.41) is 15.4. The number of methoxy groups -OCH3 is 1. The number of piperidine rings is 1. The average Bonchev–Trinajstić information content (AvgIpc) is 3.45. The number of nitrogens with zero attached hydrogens (tertiary/aromatic N) is 1. The van der Waals surface area contributed by atoms with Crippen LogP contribution in [0, 0.1) is 0 Å². The van der Waals surface area contributed by atoms with Crippen LogP contribution in [0.25, 0.3) is 10.9 Å². The molecule has 8 heteroatoms. The second-order valence-corrected chi connectivity index (χ2v) is 10.5. The van der Waals surface area contributed by atoms with Crippen molar-refractivity contribution in [2.75, 3.05) is 51.4 Å². The van der Waals surface area contributed by atoms with Gasteiger partial charge in [-0.2, -0.15) is 0 Å². The Bertz CT molecular complexity index is 1410. The van der Waals surface area contributed by atoms with Gasteiger partial charge in [-0.05, 0) is 66.1 Å². The van der Waals surface area contributed by atoms with Crippen LogP contribution in [0.15, 0.2) is 72.9 Å². The normalized spacial score (nSPS) is 20.8. The molecule has 0 aliphatic carbocycles. The number of H-pyrrole nitrogens is 1. The number of aromatic nitrogens is 1. The number of aliphatic hydroxyl groups is 1. The maximum Gasteiger partial charge on any atom is 0.142 e. The first-order valence-corrected chi connectivity index (χ1v) is 14.0. The molecule has 3 N–H and O–H groups in total. The Morgan fingerprint density at radius 3 is 2.75 bits per heavy atom. The molecule has 40 heavy (non-hydrogen) atoms. The first kappa shape index (κ1) is 26.7. The molecule has 6 rings (SSSR count). The van der Waals surface area contributed by atoms with Gasteiger partial charge in [0, 0.05) is 56.4 Å². The molecule has 0 bridgehead atoms. The van der Waals surface area contributed by atoms with Gasteiger partial charge in [0.15, 0.2) is 0 Å². The number of β-amino-alcohol motifs (C(OH)–C–C–N with tert-alkyl or cyclic N) is 1. The molecule has 1 aromatic heterocycles. The van der Waals surface area contributed by atoms with Crippen molar-refractivity contribution in [2.24, 2.45) is 0 Å². The van der Waals surface area contributed by atoms with E-state index in [1.54, 1.807) is 7.11 Å². The topological polar surface area (TPSA) is 88.2 Å². The summed E-state index contributed by atoms with van der Waals surface area (Å²) in [6, 6.07) is 22.3. The molecule has 4 aromatic rings. The molecule has 1 saturated heterocycles. The number of aromatic amines is 1. The molecule has 3 atom stereocenters. The number of anilines is 1. The minimum atomic E-state index is -0.547. The highest BCUT2D eigenvalue weighted by molar-refractivity contribution is 5.80. The van der Waals surface area contributed by atoms with E-state index in [1.165, 1.54) is 0 Å². The van der Waals surface area contributed by atoms with Gasteiger partial charge in [0.05, 0.1) is 31.0 Å². The Hall–Kier alpha value is -3.56. The number of rotatable bonds is 10. The SMILES string of the molecule is COCCCN1CCOc2ccc(CO[C@H]3CNC[C@@H](O)[C@@H]3c3ccc(Oc4ccc5[nH]ccc5c4)cc3)cc21. The lowest BCUT2D eigenvalue weighted by Crippen LogP contribution is -2.49. The van der Waals surface area contributed by atoms with E-state index in [2.05, 4.69) is 27.3 Å². The Balaban J connectivity index is 1.12. The van der Waals surface area contributed by atoms with Crippen molar-refractivity contribution in [1.29, 1.82) is 0 Å². The van der Waals surface area contributed by atoms with E-state index >= 15 is 0 Å². The van der Waals surface area contributed by atoms with Crippen LogP contribution < -0.4 is 19.7 Å². The van der Waals surface area contributed by atoms with Crippen molar-refractivity contribution in [3.8, 4) is 17.2 Å². The Kier molecular flexibility index (Phi) is 8.20. The lowest BCUT2D eigenvalue weighted by molar-refractivity contribution is -0.0328. The highest BCUT2D eigenvalue weighted by Gasteiger charge is 2.34. The van der Waals surface area contributed by atoms with E-state index in [0.717, 1.165) is 71.1 Å². The van der Waals surface area contributed by atoms with Gasteiger partial charge in [-0.3, -0.25) is 0 Å². The fourth-order valence-corrected chi connectivity index (χ4v) is 5.71. The average molecular weight is 544 g/mol. The summed E-state index contributed by atoms with van der Waals surface area (Å²) in [5.74, 6) is 2.31. The molecule has 0 unspecified atom stereocenters. The van der Waals surface area contributed by atoms with Crippen molar-refractivity contribution >= 4 is 16.6 Å². The smallest absolute Gasteiger partial charge is 0.142 e. The fraction of sp³-hybridized carbons (Fsp3) is 0.375. The summed E-state index contributed by atoms with van der Waals surface area (Å²) in [6.07, 6.45) is 2.17. The lowest BCUT2D eigenvalue weighted by Gasteiger charge is -2.36. The minimum absolute atomic E-state index is 0.141. The third kappa shape index (κ3) is 5.95. The summed E-state index contributed by atoms with van der Waals surface area (Å²) < 4.78 is 23.7. The van der Waals surface area contributed by atoms with Crippen LogP contribution in [-0.2, 0) is 16.1 Å². The van der Waals surface area contributed by atoms with Gasteiger partial charge >= 0.3 is 0 Å². The molecule has 0 spiro atoms. The highest BCUT2D eigenvalue weighted by atomic mass is 16.5. The number of aliphatic hydroxyl groups excluding tert-OH is 1. The van der Waals surface area contributed by atoms with Crippen LogP contribution in [0.3, 0.4) is 0 Å². The predicted octanol–water partition coefficient (Wildman–Crippen LogP) is 4.83. The van der Waals surface area contributed by atoms with Crippen LogP contribution in [-0.4, -0.2) is 68.8 Å². The number of benzene rings is 3. The Morgan fingerprint density at radius 2 is 1.88 bits per heavy atom. The first-order chi connectivity index (χ1) is 19.7. The van der Waals surface area contributed by atoms with Gasteiger partial charge in [-0.1, -0.05) is 18.2 Å². The predicted molar refractivity (Wildman–Crippen MR) is 156 cm³/mol. The third-order valence-corrected chi connectivity index (χ3v) is 7.76. The zero-order valence-electron chi connectivity index (χ0n) is 22.8. The number of fused-ring (bicyclic) bond motifs is 2. The first-order valence-electron chi connectivity index (χ1n) is 14.0. The molecule has 0 amide bonds. The van der Waals surface area contributed by atoms with Crippen LogP contribution >= 0.6 is 0 Å². The van der Waals surface area contributed by atoms with E-state index in [9.17, 15) is 5.11 Å². The van der Waals surface area contributed by atoms with Crippen molar-refractivity contribution in [3.05, 3.63) is 84.1 Å².